The Kier molecular flexibility index (Phi) is 5.28. The van der Waals surface area contributed by atoms with E-state index in [9.17, 15) is 22.8 Å². The molecule has 1 aromatic heterocycles. The van der Waals surface area contributed by atoms with Gasteiger partial charge in [0.15, 0.2) is 5.69 Å². The van der Waals surface area contributed by atoms with Crippen LogP contribution in [0.2, 0.25) is 0 Å². The number of carbonyl (C=O) groups excluding carboxylic acids is 1. The molecule has 29 heavy (non-hydrogen) atoms. The Morgan fingerprint density at radius 3 is 2.41 bits per heavy atom. The van der Waals surface area contributed by atoms with Gasteiger partial charge < -0.3 is 5.32 Å². The van der Waals surface area contributed by atoms with Crippen LogP contribution in [-0.4, -0.2) is 15.7 Å². The van der Waals surface area contributed by atoms with E-state index in [1.54, 1.807) is 6.07 Å². The molecule has 0 bridgehead atoms. The second-order valence-electron chi connectivity index (χ2n) is 6.73. The predicted molar refractivity (Wildman–Crippen MR) is 103 cm³/mol. The molecule has 0 aliphatic heterocycles. The first-order chi connectivity index (χ1) is 13.6. The Morgan fingerprint density at radius 1 is 1.03 bits per heavy atom. The van der Waals surface area contributed by atoms with Crippen molar-refractivity contribution in [3.63, 3.8) is 0 Å². The molecule has 0 saturated heterocycles. The van der Waals surface area contributed by atoms with E-state index < -0.39 is 28.8 Å². The van der Waals surface area contributed by atoms with Crippen LogP contribution in [0, 0.1) is 20.8 Å². The van der Waals surface area contributed by atoms with Crippen molar-refractivity contribution in [1.29, 1.82) is 0 Å². The number of amides is 1. The minimum absolute atomic E-state index is 0.0953. The summed E-state index contributed by atoms with van der Waals surface area (Å²) < 4.78 is 40.2. The van der Waals surface area contributed by atoms with Crippen LogP contribution in [-0.2, 0) is 6.18 Å². The molecule has 2 aromatic carbocycles. The van der Waals surface area contributed by atoms with Crippen LogP contribution in [0.15, 0.2) is 53.3 Å². The van der Waals surface area contributed by atoms with E-state index in [1.165, 1.54) is 25.1 Å². The predicted octanol–water partition coefficient (Wildman–Crippen LogP) is 4.43. The Morgan fingerprint density at radius 2 is 1.76 bits per heavy atom. The Balaban J connectivity index is 2.02. The molecule has 0 unspecified atom stereocenters. The lowest BCUT2D eigenvalue weighted by Gasteiger charge is -2.14. The highest BCUT2D eigenvalue weighted by Crippen LogP contribution is 2.30. The van der Waals surface area contributed by atoms with E-state index >= 15 is 0 Å². The number of nitrogens with one attached hydrogen (secondary N) is 1. The number of nitrogens with zero attached hydrogens (tertiary/aromatic N) is 2. The lowest BCUT2D eigenvalue weighted by Crippen LogP contribution is -2.27. The van der Waals surface area contributed by atoms with Crippen molar-refractivity contribution in [2.45, 2.75) is 26.9 Å². The average molecular weight is 401 g/mol. The molecule has 1 heterocycles. The molecular formula is C21H18F3N3O2. The minimum Gasteiger partial charge on any atom is -0.320 e. The molecule has 1 N–H and O–H groups in total. The molecule has 0 fully saturated rings. The molecule has 0 atom stereocenters. The Labute approximate surface area is 164 Å². The lowest BCUT2D eigenvalue weighted by atomic mass is 10.1. The zero-order valence-corrected chi connectivity index (χ0v) is 16.0. The summed E-state index contributed by atoms with van der Waals surface area (Å²) in [6.45, 7) is 5.25. The maximum absolute atomic E-state index is 13.0. The molecule has 0 aliphatic rings. The molecule has 0 spiro atoms. The fourth-order valence-corrected chi connectivity index (χ4v) is 2.92. The highest BCUT2D eigenvalue weighted by Gasteiger charge is 2.30. The quantitative estimate of drug-likeness (QED) is 0.706. The lowest BCUT2D eigenvalue weighted by molar-refractivity contribution is -0.137. The maximum atomic E-state index is 13.0. The first-order valence-corrected chi connectivity index (χ1v) is 8.73. The normalized spacial score (nSPS) is 11.4. The highest BCUT2D eigenvalue weighted by molar-refractivity contribution is 6.03. The van der Waals surface area contributed by atoms with Gasteiger partial charge in [0.1, 0.15) is 0 Å². The third-order valence-electron chi connectivity index (χ3n) is 4.37. The number of rotatable bonds is 3. The number of benzene rings is 2. The van der Waals surface area contributed by atoms with E-state index in [0.717, 1.165) is 27.9 Å². The standard InChI is InChI=1S/C21H18F3N3O2/c1-12-7-8-17(13(2)9-12)25-20(29)19-18(28)10-14(3)27(26-19)16-6-4-5-15(11-16)21(22,23)24/h4-11H,1-3H3,(H,25,29). The summed E-state index contributed by atoms with van der Waals surface area (Å²) in [4.78, 5) is 24.9. The largest absolute Gasteiger partial charge is 0.416 e. The van der Waals surface area contributed by atoms with Crippen molar-refractivity contribution < 1.29 is 18.0 Å². The van der Waals surface area contributed by atoms with E-state index in [2.05, 4.69) is 10.4 Å². The van der Waals surface area contributed by atoms with Crippen molar-refractivity contribution in [1.82, 2.24) is 9.78 Å². The van der Waals surface area contributed by atoms with Gasteiger partial charge in [-0.05, 0) is 50.6 Å². The van der Waals surface area contributed by atoms with Crippen LogP contribution in [0.1, 0.15) is 32.9 Å². The van der Waals surface area contributed by atoms with E-state index in [-0.39, 0.29) is 5.69 Å². The van der Waals surface area contributed by atoms with Crippen molar-refractivity contribution >= 4 is 11.6 Å². The molecule has 8 heteroatoms. The van der Waals surface area contributed by atoms with Gasteiger partial charge in [0.2, 0.25) is 5.43 Å². The monoisotopic (exact) mass is 401 g/mol. The van der Waals surface area contributed by atoms with Crippen LogP contribution < -0.4 is 10.7 Å². The van der Waals surface area contributed by atoms with Gasteiger partial charge in [0, 0.05) is 17.4 Å². The van der Waals surface area contributed by atoms with Gasteiger partial charge in [0.25, 0.3) is 5.91 Å². The number of halogens is 3. The SMILES string of the molecule is Cc1ccc(NC(=O)c2nn(-c3cccc(C(F)(F)F)c3)c(C)cc2=O)c(C)c1. The summed E-state index contributed by atoms with van der Waals surface area (Å²) >= 11 is 0. The smallest absolute Gasteiger partial charge is 0.320 e. The third kappa shape index (κ3) is 4.37. The van der Waals surface area contributed by atoms with Crippen LogP contribution in [0.3, 0.4) is 0 Å². The topological polar surface area (TPSA) is 64.0 Å². The van der Waals surface area contributed by atoms with Crippen LogP contribution in [0.25, 0.3) is 5.69 Å². The van der Waals surface area contributed by atoms with Crippen molar-refractivity contribution in [2.24, 2.45) is 0 Å². The zero-order chi connectivity index (χ0) is 21.3. The zero-order valence-electron chi connectivity index (χ0n) is 16.0. The summed E-state index contributed by atoms with van der Waals surface area (Å²) in [6.07, 6.45) is -4.52. The molecule has 3 rings (SSSR count). The van der Waals surface area contributed by atoms with Gasteiger partial charge in [-0.25, -0.2) is 4.68 Å². The number of alkyl halides is 3. The van der Waals surface area contributed by atoms with E-state index in [4.69, 9.17) is 0 Å². The number of carbonyl (C=O) groups is 1. The summed E-state index contributed by atoms with van der Waals surface area (Å²) in [5.74, 6) is -0.734. The fraction of sp³-hybridized carbons (Fsp3) is 0.190. The molecule has 0 radical (unpaired) electrons. The first-order valence-electron chi connectivity index (χ1n) is 8.73. The molecule has 0 aliphatic carbocycles. The van der Waals surface area contributed by atoms with Gasteiger partial charge in [0.05, 0.1) is 11.3 Å². The third-order valence-corrected chi connectivity index (χ3v) is 4.37. The number of aromatic nitrogens is 2. The highest BCUT2D eigenvalue weighted by atomic mass is 19.4. The van der Waals surface area contributed by atoms with Crippen molar-refractivity contribution in [3.05, 3.63) is 86.8 Å². The molecule has 5 nitrogen and oxygen atoms in total. The van der Waals surface area contributed by atoms with Crippen molar-refractivity contribution in [3.8, 4) is 5.69 Å². The average Bonchev–Trinajstić information content (AvgIpc) is 2.63. The first kappa shape index (κ1) is 20.3. The van der Waals surface area contributed by atoms with Crippen LogP contribution in [0.5, 0.6) is 0 Å². The summed E-state index contributed by atoms with van der Waals surface area (Å²) in [6, 6.07) is 11.1. The van der Waals surface area contributed by atoms with Crippen LogP contribution in [0.4, 0.5) is 18.9 Å². The summed E-state index contributed by atoms with van der Waals surface area (Å²) in [5.41, 5.74) is 0.866. The van der Waals surface area contributed by atoms with Gasteiger partial charge in [-0.15, -0.1) is 0 Å². The van der Waals surface area contributed by atoms with Crippen LogP contribution >= 0.6 is 0 Å². The van der Waals surface area contributed by atoms with E-state index in [0.29, 0.717) is 11.4 Å². The minimum atomic E-state index is -4.52. The number of aryl methyl sites for hydroxylation is 3. The van der Waals surface area contributed by atoms with Gasteiger partial charge in [-0.1, -0.05) is 23.8 Å². The molecule has 1 amide bonds. The molecule has 3 aromatic rings. The van der Waals surface area contributed by atoms with Gasteiger partial charge in [-0.2, -0.15) is 18.3 Å². The van der Waals surface area contributed by atoms with Gasteiger partial charge in [-0.3, -0.25) is 9.59 Å². The second kappa shape index (κ2) is 7.54. The molecular weight excluding hydrogens is 383 g/mol. The Bertz CT molecular complexity index is 1150. The summed E-state index contributed by atoms with van der Waals surface area (Å²) in [7, 11) is 0. The second-order valence-corrected chi connectivity index (χ2v) is 6.73. The molecule has 0 saturated carbocycles. The number of hydrogen-bond acceptors (Lipinski definition) is 3. The summed E-state index contributed by atoms with van der Waals surface area (Å²) in [5, 5.41) is 6.67. The Hall–Kier alpha value is -3.42. The fourth-order valence-electron chi connectivity index (χ4n) is 2.92. The van der Waals surface area contributed by atoms with E-state index in [1.807, 2.05) is 26.0 Å². The number of hydrogen-bond donors (Lipinski definition) is 1. The molecule has 150 valence electrons. The maximum Gasteiger partial charge on any atom is 0.416 e. The number of anilines is 1. The van der Waals surface area contributed by atoms with Crippen molar-refractivity contribution in [2.75, 3.05) is 5.32 Å². The van der Waals surface area contributed by atoms with Gasteiger partial charge >= 0.3 is 6.18 Å².